The first kappa shape index (κ1) is 14.0. The van der Waals surface area contributed by atoms with Gasteiger partial charge in [-0.2, -0.15) is 0 Å². The Labute approximate surface area is 115 Å². The van der Waals surface area contributed by atoms with Gasteiger partial charge in [0.15, 0.2) is 11.5 Å². The Kier molecular flexibility index (Phi) is 4.53. The van der Waals surface area contributed by atoms with Gasteiger partial charge < -0.3 is 19.5 Å². The first-order valence-electron chi connectivity index (χ1n) is 6.79. The molecule has 1 fully saturated rings. The van der Waals surface area contributed by atoms with Gasteiger partial charge in [-0.3, -0.25) is 0 Å². The second kappa shape index (κ2) is 6.15. The summed E-state index contributed by atoms with van der Waals surface area (Å²) < 4.78 is 17.1. The van der Waals surface area contributed by atoms with Crippen LogP contribution in [0.4, 0.5) is 0 Å². The minimum atomic E-state index is -0.0646. The van der Waals surface area contributed by atoms with Gasteiger partial charge in [-0.05, 0) is 51.4 Å². The summed E-state index contributed by atoms with van der Waals surface area (Å²) in [5.74, 6) is 2.19. The van der Waals surface area contributed by atoms with Crippen molar-refractivity contribution in [3.8, 4) is 17.2 Å². The van der Waals surface area contributed by atoms with Crippen LogP contribution in [-0.4, -0.2) is 33.4 Å². The van der Waals surface area contributed by atoms with Crippen molar-refractivity contribution in [2.45, 2.75) is 31.3 Å². The number of ether oxygens (including phenoxy) is 3. The maximum Gasteiger partial charge on any atom is 0.204 e. The second-order valence-corrected chi connectivity index (χ2v) is 4.98. The Morgan fingerprint density at radius 1 is 1.16 bits per heavy atom. The van der Waals surface area contributed by atoms with E-state index in [1.54, 1.807) is 14.2 Å². The van der Waals surface area contributed by atoms with Gasteiger partial charge in [0.2, 0.25) is 5.75 Å². The molecule has 0 amide bonds. The Morgan fingerprint density at radius 3 is 2.21 bits per heavy atom. The maximum atomic E-state index is 6.29. The van der Waals surface area contributed by atoms with Crippen LogP contribution in [0.1, 0.15) is 25.7 Å². The fourth-order valence-electron chi connectivity index (χ4n) is 2.46. The van der Waals surface area contributed by atoms with Crippen LogP contribution >= 0.6 is 0 Å². The van der Waals surface area contributed by atoms with E-state index in [2.05, 4.69) is 5.32 Å². The van der Waals surface area contributed by atoms with Crippen LogP contribution in [0.2, 0.25) is 0 Å². The fraction of sp³-hybridized carbons (Fsp3) is 0.600. The predicted octanol–water partition coefficient (Wildman–Crippen LogP) is 2.61. The maximum absolute atomic E-state index is 6.29. The van der Waals surface area contributed by atoms with Gasteiger partial charge in [-0.15, -0.1) is 0 Å². The molecule has 0 bridgehead atoms. The molecule has 4 heteroatoms. The molecule has 0 heterocycles. The molecule has 0 unspecified atom stereocenters. The first-order chi connectivity index (χ1) is 9.24. The lowest BCUT2D eigenvalue weighted by atomic mass is 9.77. The molecule has 106 valence electrons. The third-order valence-corrected chi connectivity index (χ3v) is 3.80. The van der Waals surface area contributed by atoms with E-state index < -0.39 is 0 Å². The molecule has 1 N–H and O–H groups in total. The molecule has 0 aliphatic heterocycles. The van der Waals surface area contributed by atoms with Gasteiger partial charge in [-0.25, -0.2) is 0 Å². The summed E-state index contributed by atoms with van der Waals surface area (Å²) in [6.45, 7) is 0.956. The van der Waals surface area contributed by atoms with Crippen molar-refractivity contribution in [3.63, 3.8) is 0 Å². The topological polar surface area (TPSA) is 39.7 Å². The molecule has 0 spiro atoms. The first-order valence-corrected chi connectivity index (χ1v) is 6.79. The fourth-order valence-corrected chi connectivity index (χ4v) is 2.46. The van der Waals surface area contributed by atoms with Crippen LogP contribution in [0.3, 0.4) is 0 Å². The summed E-state index contributed by atoms with van der Waals surface area (Å²) in [6, 6.07) is 5.72. The standard InChI is InChI=1S/C15H23NO3/c1-16-11-10-15(8-5-9-15)19-14-12(17-2)6-4-7-13(14)18-3/h4,6-7,16H,5,8-11H2,1-3H3. The monoisotopic (exact) mass is 265 g/mol. The average molecular weight is 265 g/mol. The summed E-state index contributed by atoms with van der Waals surface area (Å²) >= 11 is 0. The zero-order valence-corrected chi connectivity index (χ0v) is 12.0. The van der Waals surface area contributed by atoms with Crippen molar-refractivity contribution in [1.29, 1.82) is 0 Å². The third kappa shape index (κ3) is 2.95. The van der Waals surface area contributed by atoms with Gasteiger partial charge in [0.05, 0.1) is 14.2 Å². The minimum Gasteiger partial charge on any atom is -0.493 e. The zero-order chi connectivity index (χ0) is 13.7. The molecule has 0 saturated heterocycles. The average Bonchev–Trinajstić information content (AvgIpc) is 2.41. The third-order valence-electron chi connectivity index (χ3n) is 3.80. The van der Waals surface area contributed by atoms with Crippen LogP contribution in [0.15, 0.2) is 18.2 Å². The summed E-state index contributed by atoms with van der Waals surface area (Å²) in [6.07, 6.45) is 4.41. The smallest absolute Gasteiger partial charge is 0.204 e. The molecule has 1 aliphatic carbocycles. The van der Waals surface area contributed by atoms with Gasteiger partial charge in [0, 0.05) is 0 Å². The Morgan fingerprint density at radius 2 is 1.79 bits per heavy atom. The molecule has 0 radical (unpaired) electrons. The Balaban J connectivity index is 2.21. The minimum absolute atomic E-state index is 0.0646. The quantitative estimate of drug-likeness (QED) is 0.822. The lowest BCUT2D eigenvalue weighted by Crippen LogP contribution is -2.45. The molecule has 2 rings (SSSR count). The Bertz CT molecular complexity index is 394. The van der Waals surface area contributed by atoms with Crippen LogP contribution in [-0.2, 0) is 0 Å². The van der Waals surface area contributed by atoms with Gasteiger partial charge in [0.25, 0.3) is 0 Å². The van der Waals surface area contributed by atoms with Crippen molar-refractivity contribution in [1.82, 2.24) is 5.32 Å². The molecule has 1 aromatic carbocycles. The number of methoxy groups -OCH3 is 2. The van der Waals surface area contributed by atoms with E-state index in [-0.39, 0.29) is 5.60 Å². The van der Waals surface area contributed by atoms with Crippen LogP contribution in [0.5, 0.6) is 17.2 Å². The van der Waals surface area contributed by atoms with Gasteiger partial charge in [-0.1, -0.05) is 6.07 Å². The van der Waals surface area contributed by atoms with E-state index >= 15 is 0 Å². The van der Waals surface area contributed by atoms with E-state index in [1.165, 1.54) is 6.42 Å². The van der Waals surface area contributed by atoms with Crippen LogP contribution < -0.4 is 19.5 Å². The molecule has 19 heavy (non-hydrogen) atoms. The highest BCUT2D eigenvalue weighted by molar-refractivity contribution is 5.51. The highest BCUT2D eigenvalue weighted by Gasteiger charge is 2.40. The molecule has 1 aliphatic rings. The highest BCUT2D eigenvalue weighted by Crippen LogP contribution is 2.45. The van der Waals surface area contributed by atoms with Crippen molar-refractivity contribution in [3.05, 3.63) is 18.2 Å². The SMILES string of the molecule is CNCCC1(Oc2c(OC)cccc2OC)CCC1. The van der Waals surface area contributed by atoms with Gasteiger partial charge in [0.1, 0.15) is 5.60 Å². The molecule has 1 saturated carbocycles. The number of nitrogens with one attached hydrogen (secondary N) is 1. The van der Waals surface area contributed by atoms with E-state index in [9.17, 15) is 0 Å². The molecule has 0 aromatic heterocycles. The molecule has 1 aromatic rings. The molecular weight excluding hydrogens is 242 g/mol. The van der Waals surface area contributed by atoms with Crippen molar-refractivity contribution in [2.75, 3.05) is 27.8 Å². The zero-order valence-electron chi connectivity index (χ0n) is 12.0. The van der Waals surface area contributed by atoms with E-state index in [1.807, 2.05) is 25.2 Å². The normalized spacial score (nSPS) is 16.6. The molecule has 0 atom stereocenters. The predicted molar refractivity (Wildman–Crippen MR) is 75.3 cm³/mol. The van der Waals surface area contributed by atoms with E-state index in [0.717, 1.165) is 43.1 Å². The lowest BCUT2D eigenvalue weighted by molar-refractivity contribution is -0.0175. The number of benzene rings is 1. The summed E-state index contributed by atoms with van der Waals surface area (Å²) in [4.78, 5) is 0. The summed E-state index contributed by atoms with van der Waals surface area (Å²) in [5, 5.41) is 3.19. The van der Waals surface area contributed by atoms with Crippen LogP contribution in [0.25, 0.3) is 0 Å². The largest absolute Gasteiger partial charge is 0.493 e. The van der Waals surface area contributed by atoms with Crippen molar-refractivity contribution < 1.29 is 14.2 Å². The van der Waals surface area contributed by atoms with E-state index in [0.29, 0.717) is 0 Å². The van der Waals surface area contributed by atoms with Crippen LogP contribution in [0, 0.1) is 0 Å². The number of rotatable bonds is 7. The molecular formula is C15H23NO3. The van der Waals surface area contributed by atoms with E-state index in [4.69, 9.17) is 14.2 Å². The number of hydrogen-bond donors (Lipinski definition) is 1. The summed E-state index contributed by atoms with van der Waals surface area (Å²) in [5.41, 5.74) is -0.0646. The van der Waals surface area contributed by atoms with Gasteiger partial charge >= 0.3 is 0 Å². The van der Waals surface area contributed by atoms with Crippen molar-refractivity contribution >= 4 is 0 Å². The number of para-hydroxylation sites is 1. The number of hydrogen-bond acceptors (Lipinski definition) is 4. The Hall–Kier alpha value is -1.42. The molecule has 4 nitrogen and oxygen atoms in total. The second-order valence-electron chi connectivity index (χ2n) is 4.98. The lowest BCUT2D eigenvalue weighted by Gasteiger charge is -2.42. The highest BCUT2D eigenvalue weighted by atomic mass is 16.6. The summed E-state index contributed by atoms with van der Waals surface area (Å²) in [7, 11) is 5.28. The van der Waals surface area contributed by atoms with Crippen molar-refractivity contribution in [2.24, 2.45) is 0 Å².